The van der Waals surface area contributed by atoms with E-state index in [0.717, 1.165) is 35.4 Å². The lowest BCUT2D eigenvalue weighted by molar-refractivity contribution is -0.149. The average molecular weight is 597 g/mol. The number of carbonyl (C=O) groups is 2. The van der Waals surface area contributed by atoms with Crippen LogP contribution in [-0.2, 0) is 34.0 Å². The Kier molecular flexibility index (Phi) is 7.53. The van der Waals surface area contributed by atoms with Crippen LogP contribution in [-0.4, -0.2) is 52.3 Å². The number of anilines is 1. The third-order valence-electron chi connectivity index (χ3n) is 8.38. The van der Waals surface area contributed by atoms with Gasteiger partial charge in [-0.2, -0.15) is 0 Å². The molecule has 224 valence electrons. The topological polar surface area (TPSA) is 106 Å². The van der Waals surface area contributed by atoms with Crippen molar-refractivity contribution in [1.29, 1.82) is 5.41 Å². The molecule has 43 heavy (non-hydrogen) atoms. The maximum atomic E-state index is 14.3. The van der Waals surface area contributed by atoms with Gasteiger partial charge in [-0.15, -0.1) is 0 Å². The lowest BCUT2D eigenvalue weighted by Gasteiger charge is -2.35. The summed E-state index contributed by atoms with van der Waals surface area (Å²) >= 11 is 0. The van der Waals surface area contributed by atoms with Gasteiger partial charge in [0.25, 0.3) is 11.8 Å². The van der Waals surface area contributed by atoms with Gasteiger partial charge in [0, 0.05) is 67.6 Å². The number of halogens is 4. The Bertz CT molecular complexity index is 1640. The number of nitrogens with one attached hydrogen (secondary N) is 2. The van der Waals surface area contributed by atoms with Crippen LogP contribution in [0.1, 0.15) is 41.2 Å². The third kappa shape index (κ3) is 5.30. The summed E-state index contributed by atoms with van der Waals surface area (Å²) in [6.45, 7) is 0.955. The molecule has 8 nitrogen and oxygen atoms in total. The van der Waals surface area contributed by atoms with E-state index in [-0.39, 0.29) is 42.5 Å². The fraction of sp³-hybridized carbons (Fsp3) is 0.323. The van der Waals surface area contributed by atoms with E-state index in [1.807, 2.05) is 12.1 Å². The number of carbonyl (C=O) groups excluding carboxylic acids is 2. The zero-order valence-electron chi connectivity index (χ0n) is 22.9. The number of nitrogens with zero attached hydrogens (tertiary/aromatic N) is 2. The number of rotatable bonds is 6. The molecule has 12 heteroatoms. The van der Waals surface area contributed by atoms with Gasteiger partial charge in [0.2, 0.25) is 5.60 Å². The number of amides is 2. The number of hydrogen-bond donors (Lipinski definition) is 3. The van der Waals surface area contributed by atoms with Crippen molar-refractivity contribution in [3.63, 3.8) is 0 Å². The van der Waals surface area contributed by atoms with Crippen molar-refractivity contribution < 1.29 is 37.0 Å². The van der Waals surface area contributed by atoms with E-state index >= 15 is 0 Å². The normalized spacial score (nSPS) is 24.0. The first kappa shape index (κ1) is 29.0. The molecule has 1 unspecified atom stereocenters. The first-order chi connectivity index (χ1) is 20.5. The number of ether oxygens (including phenoxy) is 1. The van der Waals surface area contributed by atoms with E-state index in [9.17, 15) is 32.3 Å². The zero-order chi connectivity index (χ0) is 30.5. The molecular weight excluding hydrogens is 568 g/mol. The van der Waals surface area contributed by atoms with Crippen LogP contribution in [0.15, 0.2) is 54.6 Å². The van der Waals surface area contributed by atoms with Gasteiger partial charge in [-0.05, 0) is 47.5 Å². The lowest BCUT2D eigenvalue weighted by Crippen LogP contribution is -2.52. The molecule has 3 aromatic rings. The van der Waals surface area contributed by atoms with Gasteiger partial charge in [0.15, 0.2) is 11.6 Å². The molecule has 2 saturated heterocycles. The van der Waals surface area contributed by atoms with Crippen LogP contribution in [0.3, 0.4) is 0 Å². The molecule has 0 saturated carbocycles. The van der Waals surface area contributed by atoms with Crippen LogP contribution in [0, 0.1) is 28.7 Å². The van der Waals surface area contributed by atoms with Crippen LogP contribution in [0.4, 0.5) is 23.2 Å². The van der Waals surface area contributed by atoms with Crippen molar-refractivity contribution in [3.8, 4) is 0 Å². The molecule has 3 atom stereocenters. The van der Waals surface area contributed by atoms with Crippen molar-refractivity contribution in [1.82, 2.24) is 10.2 Å². The molecule has 0 radical (unpaired) electrons. The van der Waals surface area contributed by atoms with E-state index < -0.39 is 53.3 Å². The van der Waals surface area contributed by atoms with Crippen molar-refractivity contribution in [2.45, 2.75) is 50.2 Å². The fourth-order valence-corrected chi connectivity index (χ4v) is 5.96. The summed E-state index contributed by atoms with van der Waals surface area (Å²) in [4.78, 5) is 29.5. The third-order valence-corrected chi connectivity index (χ3v) is 8.38. The Hall–Kier alpha value is -4.13. The van der Waals surface area contributed by atoms with Crippen LogP contribution in [0.2, 0.25) is 0 Å². The molecule has 0 aromatic heterocycles. The van der Waals surface area contributed by atoms with E-state index in [0.29, 0.717) is 25.2 Å². The number of fused-ring (bicyclic) bond motifs is 1. The lowest BCUT2D eigenvalue weighted by atomic mass is 9.95. The minimum absolute atomic E-state index is 0.00264. The van der Waals surface area contributed by atoms with Gasteiger partial charge in [-0.3, -0.25) is 14.5 Å². The van der Waals surface area contributed by atoms with E-state index in [4.69, 9.17) is 10.1 Å². The highest BCUT2D eigenvalue weighted by atomic mass is 19.2. The molecular formula is C31H28F4N4O4. The monoisotopic (exact) mass is 596 g/mol. The fourth-order valence-electron chi connectivity index (χ4n) is 5.96. The Morgan fingerprint density at radius 3 is 2.63 bits per heavy atom. The summed E-state index contributed by atoms with van der Waals surface area (Å²) in [6.07, 6.45) is -0.817. The quantitative estimate of drug-likeness (QED) is 0.296. The van der Waals surface area contributed by atoms with Gasteiger partial charge in [0.1, 0.15) is 17.7 Å². The minimum Gasteiger partial charge on any atom is -0.372 e. The van der Waals surface area contributed by atoms with Gasteiger partial charge >= 0.3 is 0 Å². The van der Waals surface area contributed by atoms with Gasteiger partial charge < -0.3 is 25.5 Å². The highest BCUT2D eigenvalue weighted by Crippen LogP contribution is 2.36. The van der Waals surface area contributed by atoms with Crippen molar-refractivity contribution >= 4 is 23.2 Å². The highest BCUT2D eigenvalue weighted by molar-refractivity contribution is 6.16. The summed E-state index contributed by atoms with van der Waals surface area (Å²) in [5.74, 6) is -5.22. The van der Waals surface area contributed by atoms with Crippen LogP contribution in [0.25, 0.3) is 0 Å². The Balaban J connectivity index is 1.09. The van der Waals surface area contributed by atoms with E-state index in [1.165, 1.54) is 17.0 Å². The average Bonchev–Trinajstić information content (AvgIpc) is 3.55. The second kappa shape index (κ2) is 11.2. The smallest absolute Gasteiger partial charge is 0.268 e. The zero-order valence-corrected chi connectivity index (χ0v) is 22.9. The Labute approximate surface area is 244 Å². The summed E-state index contributed by atoms with van der Waals surface area (Å²) in [7, 11) is 0. The number of benzene rings is 3. The summed E-state index contributed by atoms with van der Waals surface area (Å²) in [6, 6.07) is 11.9. The molecule has 0 bridgehead atoms. The van der Waals surface area contributed by atoms with Crippen molar-refractivity contribution in [2.75, 3.05) is 18.1 Å². The molecule has 0 aliphatic carbocycles. The molecule has 0 spiro atoms. The summed E-state index contributed by atoms with van der Waals surface area (Å²) in [5.41, 5.74) is 0.117. The van der Waals surface area contributed by atoms with E-state index in [1.54, 1.807) is 6.07 Å². The van der Waals surface area contributed by atoms with E-state index in [2.05, 4.69) is 10.2 Å². The molecule has 2 fully saturated rings. The molecule has 2 amide bonds. The standard InChI is InChI=1S/C31H28F4N4O4/c32-20-5-7-24(33)23(11-20)28-26(36)12-22(16-43-28)38-14-18-4-6-21(10-19(18)15-38)39-9-8-31(42,30(39)41)29(40)37-13-17-2-1-3-25(34)27(17)35/h1-7,10-11,22,28,36,42H,8-9,12-16H2,(H,37,40)/t22-,28-,31?/m1/s1. The SMILES string of the molecule is N=C1C[C@@H](N2Cc3ccc(N4CCC(O)(C(=O)NCc5cccc(F)c5F)C4=O)cc3C2)CO[C@@H]1c1cc(F)ccc1F. The number of hydrogen-bond acceptors (Lipinski definition) is 6. The Morgan fingerprint density at radius 1 is 1.05 bits per heavy atom. The predicted octanol–water partition coefficient (Wildman–Crippen LogP) is 3.89. The second-order valence-electron chi connectivity index (χ2n) is 11.1. The summed E-state index contributed by atoms with van der Waals surface area (Å²) in [5, 5.41) is 21.8. The molecule has 3 N–H and O–H groups in total. The first-order valence-electron chi connectivity index (χ1n) is 13.8. The molecule has 3 aromatic carbocycles. The molecule has 3 heterocycles. The van der Waals surface area contributed by atoms with Crippen LogP contribution >= 0.6 is 0 Å². The van der Waals surface area contributed by atoms with Gasteiger partial charge in [-0.25, -0.2) is 17.6 Å². The van der Waals surface area contributed by atoms with Gasteiger partial charge in [-0.1, -0.05) is 18.2 Å². The molecule has 3 aliphatic heterocycles. The van der Waals surface area contributed by atoms with Crippen molar-refractivity contribution in [2.24, 2.45) is 0 Å². The maximum Gasteiger partial charge on any atom is 0.268 e. The predicted molar refractivity (Wildman–Crippen MR) is 147 cm³/mol. The molecule has 6 rings (SSSR count). The van der Waals surface area contributed by atoms with Crippen molar-refractivity contribution in [3.05, 3.63) is 100 Å². The Morgan fingerprint density at radius 2 is 1.84 bits per heavy atom. The van der Waals surface area contributed by atoms with Gasteiger partial charge in [0.05, 0.1) is 6.61 Å². The second-order valence-corrected chi connectivity index (χ2v) is 11.1. The first-order valence-corrected chi connectivity index (χ1v) is 13.8. The number of aliphatic hydroxyl groups is 1. The largest absolute Gasteiger partial charge is 0.372 e. The maximum absolute atomic E-state index is 14.3. The highest BCUT2D eigenvalue weighted by Gasteiger charge is 2.52. The molecule has 3 aliphatic rings. The van der Waals surface area contributed by atoms with Crippen LogP contribution < -0.4 is 10.2 Å². The van der Waals surface area contributed by atoms with Crippen LogP contribution in [0.5, 0.6) is 0 Å². The summed E-state index contributed by atoms with van der Waals surface area (Å²) < 4.78 is 61.3. The minimum atomic E-state index is -2.35.